The smallest absolute Gasteiger partial charge is 0.339 e. The van der Waals surface area contributed by atoms with Crippen molar-refractivity contribution in [2.75, 3.05) is 13.7 Å². The first-order chi connectivity index (χ1) is 21.9. The van der Waals surface area contributed by atoms with Gasteiger partial charge in [-0.3, -0.25) is 14.4 Å². The summed E-state index contributed by atoms with van der Waals surface area (Å²) in [4.78, 5) is 53.6. The predicted molar refractivity (Wildman–Crippen MR) is 162 cm³/mol. The summed E-state index contributed by atoms with van der Waals surface area (Å²) in [6.07, 6.45) is 0.106. The van der Waals surface area contributed by atoms with Crippen LogP contribution in [-0.2, 0) is 19.6 Å². The summed E-state index contributed by atoms with van der Waals surface area (Å²) in [6, 6.07) is 14.9. The third kappa shape index (κ3) is 8.05. The number of rotatable bonds is 16. The van der Waals surface area contributed by atoms with E-state index in [1.807, 2.05) is 0 Å². The summed E-state index contributed by atoms with van der Waals surface area (Å²) >= 11 is 0. The highest BCUT2D eigenvalue weighted by molar-refractivity contribution is 7.89. The van der Waals surface area contributed by atoms with E-state index < -0.39 is 69.2 Å². The zero-order valence-corrected chi connectivity index (χ0v) is 25.3. The largest absolute Gasteiger partial charge is 0.507 e. The SMILES string of the molecule is COc1cccc2nc(C(=O)[C@H](CC(=O)O)NC(=O)C(CCCCNS(=O)(=O)c3ccc(O)c(C(=O)O)c3)c3ccccc3)oc12. The van der Waals surface area contributed by atoms with Gasteiger partial charge in [0.1, 0.15) is 22.9 Å². The maximum absolute atomic E-state index is 13.6. The Morgan fingerprint density at radius 2 is 1.72 bits per heavy atom. The van der Waals surface area contributed by atoms with E-state index in [-0.39, 0.29) is 29.9 Å². The lowest BCUT2D eigenvalue weighted by molar-refractivity contribution is -0.137. The van der Waals surface area contributed by atoms with E-state index in [0.717, 1.165) is 18.2 Å². The van der Waals surface area contributed by atoms with Gasteiger partial charge in [-0.15, -0.1) is 0 Å². The molecule has 0 aliphatic rings. The lowest BCUT2D eigenvalue weighted by atomic mass is 9.92. The molecule has 3 aromatic carbocycles. The number of sulfonamides is 1. The number of ketones is 1. The average Bonchev–Trinajstić information content (AvgIpc) is 3.47. The summed E-state index contributed by atoms with van der Waals surface area (Å²) in [7, 11) is -2.69. The number of para-hydroxylation sites is 1. The van der Waals surface area contributed by atoms with Gasteiger partial charge in [0, 0.05) is 6.54 Å². The maximum Gasteiger partial charge on any atom is 0.339 e. The molecule has 4 rings (SSSR count). The van der Waals surface area contributed by atoms with Gasteiger partial charge in [-0.05, 0) is 48.7 Å². The van der Waals surface area contributed by atoms with E-state index >= 15 is 0 Å². The number of carboxylic acid groups (broad SMARTS) is 2. The van der Waals surface area contributed by atoms with Gasteiger partial charge in [0.15, 0.2) is 11.3 Å². The molecule has 0 bridgehead atoms. The number of aromatic nitrogens is 1. The summed E-state index contributed by atoms with van der Waals surface area (Å²) < 4.78 is 38.5. The number of benzene rings is 3. The van der Waals surface area contributed by atoms with Crippen molar-refractivity contribution in [3.63, 3.8) is 0 Å². The van der Waals surface area contributed by atoms with Crippen molar-refractivity contribution in [1.29, 1.82) is 0 Å². The number of methoxy groups -OCH3 is 1. The number of phenols is 1. The minimum Gasteiger partial charge on any atom is -0.507 e. The number of amides is 1. The van der Waals surface area contributed by atoms with Crippen molar-refractivity contribution in [1.82, 2.24) is 15.0 Å². The molecule has 2 atom stereocenters. The van der Waals surface area contributed by atoms with E-state index in [4.69, 9.17) is 14.3 Å². The third-order valence-corrected chi connectivity index (χ3v) is 8.52. The molecule has 0 aliphatic heterocycles. The number of aromatic hydroxyl groups is 1. The molecular formula is C31H31N3O11S. The molecule has 0 aliphatic carbocycles. The fraction of sp³-hybridized carbons (Fsp3) is 0.258. The maximum atomic E-state index is 13.6. The number of oxazole rings is 1. The quantitative estimate of drug-likeness (QED) is 0.0868. The Bertz CT molecular complexity index is 1860. The fourth-order valence-corrected chi connectivity index (χ4v) is 5.85. The first-order valence-electron chi connectivity index (χ1n) is 14.0. The number of aromatic carboxylic acids is 1. The fourth-order valence-electron chi connectivity index (χ4n) is 4.75. The minimum absolute atomic E-state index is 0.0456. The van der Waals surface area contributed by atoms with Crippen LogP contribution in [-0.4, -0.2) is 72.0 Å². The Morgan fingerprint density at radius 1 is 0.978 bits per heavy atom. The van der Waals surface area contributed by atoms with Crippen molar-refractivity contribution in [3.05, 3.63) is 83.7 Å². The number of hydrogen-bond donors (Lipinski definition) is 5. The zero-order chi connectivity index (χ0) is 33.4. The van der Waals surface area contributed by atoms with Gasteiger partial charge in [0.2, 0.25) is 21.7 Å². The van der Waals surface area contributed by atoms with E-state index in [1.165, 1.54) is 7.11 Å². The molecule has 242 valence electrons. The van der Waals surface area contributed by atoms with Crippen molar-refractivity contribution in [2.45, 2.75) is 42.5 Å². The number of fused-ring (bicyclic) bond motifs is 1. The van der Waals surface area contributed by atoms with Crippen LogP contribution in [0.1, 0.15) is 58.2 Å². The number of carboxylic acids is 2. The highest BCUT2D eigenvalue weighted by Gasteiger charge is 2.32. The molecule has 1 heterocycles. The number of unbranched alkanes of at least 4 members (excludes halogenated alkanes) is 1. The monoisotopic (exact) mass is 653 g/mol. The molecule has 14 nitrogen and oxygen atoms in total. The molecule has 1 amide bonds. The lowest BCUT2D eigenvalue weighted by Gasteiger charge is -2.21. The van der Waals surface area contributed by atoms with E-state index in [2.05, 4.69) is 15.0 Å². The number of ether oxygens (including phenoxy) is 1. The first-order valence-corrected chi connectivity index (χ1v) is 15.5. The lowest BCUT2D eigenvalue weighted by Crippen LogP contribution is -2.44. The first kappa shape index (κ1) is 33.6. The van der Waals surface area contributed by atoms with E-state index in [1.54, 1.807) is 48.5 Å². The van der Waals surface area contributed by atoms with Gasteiger partial charge >= 0.3 is 11.9 Å². The molecule has 0 fully saturated rings. The van der Waals surface area contributed by atoms with Crippen LogP contribution >= 0.6 is 0 Å². The molecule has 0 saturated carbocycles. The summed E-state index contributed by atoms with van der Waals surface area (Å²) in [5.74, 6) is -5.73. The summed E-state index contributed by atoms with van der Waals surface area (Å²) in [6.45, 7) is -0.0456. The van der Waals surface area contributed by atoms with Gasteiger partial charge in [0.25, 0.3) is 5.89 Å². The molecular weight excluding hydrogens is 622 g/mol. The molecule has 46 heavy (non-hydrogen) atoms. The molecule has 4 aromatic rings. The highest BCUT2D eigenvalue weighted by atomic mass is 32.2. The summed E-state index contributed by atoms with van der Waals surface area (Å²) in [5.41, 5.74) is 0.544. The van der Waals surface area contributed by atoms with E-state index in [0.29, 0.717) is 23.3 Å². The second-order valence-corrected chi connectivity index (χ2v) is 12.0. The predicted octanol–water partition coefficient (Wildman–Crippen LogP) is 3.32. The number of Topliss-reactive ketones (excluding diaryl/α,β-unsaturated/α-hetero) is 1. The normalized spacial score (nSPS) is 12.7. The number of hydrogen-bond acceptors (Lipinski definition) is 10. The molecule has 1 aromatic heterocycles. The number of carbonyl (C=O) groups excluding carboxylic acids is 2. The molecule has 1 unspecified atom stereocenters. The number of aliphatic carboxylic acids is 1. The standard InChI is InChI=1S/C31H31N3O11S/c1-44-25-12-7-11-22-28(25)45-30(34-22)27(38)23(17-26(36)37)33-29(39)20(18-8-3-2-4-9-18)10-5-6-15-32-46(42,43)19-13-14-24(35)21(16-19)31(40)41/h2-4,7-9,11-14,16,20,23,32,35H,5-6,10,15,17H2,1H3,(H,33,39)(H,36,37)(H,40,41)/t20?,23-/m0/s1. The van der Waals surface area contributed by atoms with Crippen LogP contribution in [0.4, 0.5) is 0 Å². The van der Waals surface area contributed by atoms with Crippen LogP contribution in [0.15, 0.2) is 76.0 Å². The summed E-state index contributed by atoms with van der Waals surface area (Å²) in [5, 5.41) is 30.9. The second kappa shape index (κ2) is 14.7. The average molecular weight is 654 g/mol. The number of nitrogens with one attached hydrogen (secondary N) is 2. The third-order valence-electron chi connectivity index (χ3n) is 7.06. The van der Waals surface area contributed by atoms with E-state index in [9.17, 15) is 37.8 Å². The van der Waals surface area contributed by atoms with Crippen LogP contribution in [0.5, 0.6) is 11.5 Å². The van der Waals surface area contributed by atoms with Crippen molar-refractivity contribution < 1.29 is 52.1 Å². The molecule has 0 saturated heterocycles. The molecule has 0 spiro atoms. The van der Waals surface area contributed by atoms with Crippen LogP contribution in [0, 0.1) is 0 Å². The molecule has 15 heteroatoms. The highest BCUT2D eigenvalue weighted by Crippen LogP contribution is 2.28. The zero-order valence-electron chi connectivity index (χ0n) is 24.5. The number of carbonyl (C=O) groups is 4. The van der Waals surface area contributed by atoms with Crippen LogP contribution in [0.3, 0.4) is 0 Å². The van der Waals surface area contributed by atoms with Crippen LogP contribution in [0.2, 0.25) is 0 Å². The van der Waals surface area contributed by atoms with Gasteiger partial charge in [-0.2, -0.15) is 0 Å². The van der Waals surface area contributed by atoms with Gasteiger partial charge < -0.3 is 29.8 Å². The van der Waals surface area contributed by atoms with Crippen molar-refractivity contribution in [2.24, 2.45) is 0 Å². The Hall–Kier alpha value is -5.28. The topological polar surface area (TPSA) is 222 Å². The van der Waals surface area contributed by atoms with Gasteiger partial charge in [-0.25, -0.2) is 22.9 Å². The van der Waals surface area contributed by atoms with Crippen molar-refractivity contribution in [3.8, 4) is 11.5 Å². The van der Waals surface area contributed by atoms with Crippen LogP contribution in [0.25, 0.3) is 11.1 Å². The Morgan fingerprint density at radius 3 is 2.39 bits per heavy atom. The molecule has 5 N–H and O–H groups in total. The minimum atomic E-state index is -4.10. The Labute approximate surface area is 263 Å². The van der Waals surface area contributed by atoms with Crippen molar-refractivity contribution >= 4 is 44.8 Å². The Balaban J connectivity index is 1.45. The Kier molecular flexibility index (Phi) is 10.7. The van der Waals surface area contributed by atoms with Gasteiger partial charge in [-0.1, -0.05) is 42.8 Å². The van der Waals surface area contributed by atoms with Gasteiger partial charge in [0.05, 0.1) is 24.3 Å². The number of nitrogens with zero attached hydrogens (tertiary/aromatic N) is 1. The van der Waals surface area contributed by atoms with Crippen LogP contribution < -0.4 is 14.8 Å². The second-order valence-electron chi connectivity index (χ2n) is 10.2. The molecule has 0 radical (unpaired) electrons.